The molecule has 0 saturated heterocycles. The first-order chi connectivity index (χ1) is 16.4. The second-order valence-corrected chi connectivity index (χ2v) is 10.8. The van der Waals surface area contributed by atoms with Gasteiger partial charge in [-0.3, -0.25) is 4.72 Å². The van der Waals surface area contributed by atoms with Crippen molar-refractivity contribution in [3.8, 4) is 22.3 Å². The smallest absolute Gasteiger partial charge is 0.229 e. The van der Waals surface area contributed by atoms with Gasteiger partial charge in [-0.15, -0.1) is 0 Å². The number of nitrogens with one attached hydrogen (secondary N) is 2. The minimum atomic E-state index is -3.35. The average Bonchev–Trinajstić information content (AvgIpc) is 3.56. The number of hydrogen-bond acceptors (Lipinski definition) is 4. The second-order valence-electron chi connectivity index (χ2n) is 9.07. The van der Waals surface area contributed by atoms with Crippen LogP contribution in [0.4, 0.5) is 5.69 Å². The molecule has 0 atom stereocenters. The fourth-order valence-electron chi connectivity index (χ4n) is 5.04. The molecule has 7 nitrogen and oxygen atoms in total. The van der Waals surface area contributed by atoms with E-state index in [1.54, 1.807) is 12.3 Å². The van der Waals surface area contributed by atoms with Crippen LogP contribution < -0.4 is 4.72 Å². The Labute approximate surface area is 197 Å². The van der Waals surface area contributed by atoms with Gasteiger partial charge in [-0.05, 0) is 54.3 Å². The molecule has 0 spiro atoms. The van der Waals surface area contributed by atoms with Crippen molar-refractivity contribution in [3.05, 3.63) is 67.3 Å². The molecule has 1 aliphatic carbocycles. The standard InChI is InChI=1S/C26H25N5O2S/c1-34(32,33)30-20-6-4-5-17(11-20)19-12-22-23(15-28-26(22)27-14-19)18-9-10-24-25(13-18)31(16-29-24)21-7-2-3-8-21/h4-6,9-16,21,30H,2-3,7-8H2,1H3,(H,27,28). The van der Waals surface area contributed by atoms with Crippen LogP contribution in [0.2, 0.25) is 0 Å². The summed E-state index contributed by atoms with van der Waals surface area (Å²) in [5.41, 5.74) is 7.54. The molecule has 0 bridgehead atoms. The van der Waals surface area contributed by atoms with Crippen molar-refractivity contribution in [1.29, 1.82) is 0 Å². The van der Waals surface area contributed by atoms with Crippen LogP contribution in [0.3, 0.4) is 0 Å². The summed E-state index contributed by atoms with van der Waals surface area (Å²) in [5.74, 6) is 0. The molecule has 0 unspecified atom stereocenters. The summed E-state index contributed by atoms with van der Waals surface area (Å²) in [6.45, 7) is 0. The Hall–Kier alpha value is -3.65. The number of anilines is 1. The maximum atomic E-state index is 11.6. The summed E-state index contributed by atoms with van der Waals surface area (Å²) in [5, 5.41) is 1.02. The first-order valence-corrected chi connectivity index (χ1v) is 13.4. The van der Waals surface area contributed by atoms with Crippen LogP contribution in [0.5, 0.6) is 0 Å². The van der Waals surface area contributed by atoms with E-state index in [1.165, 1.54) is 31.2 Å². The predicted octanol–water partition coefficient (Wildman–Crippen LogP) is 5.73. The van der Waals surface area contributed by atoms with Crippen molar-refractivity contribution in [2.24, 2.45) is 0 Å². The summed E-state index contributed by atoms with van der Waals surface area (Å²) >= 11 is 0. The number of nitrogens with zero attached hydrogens (tertiary/aromatic N) is 3. The molecule has 0 amide bonds. The van der Waals surface area contributed by atoms with Crippen LogP contribution in [0.15, 0.2) is 67.3 Å². The SMILES string of the molecule is CS(=O)(=O)Nc1cccc(-c2cnc3[nH]cc(-c4ccc5ncn(C6CCCC6)c5c4)c3c2)c1. The zero-order chi connectivity index (χ0) is 23.3. The van der Waals surface area contributed by atoms with Gasteiger partial charge in [0, 0.05) is 40.6 Å². The minimum Gasteiger partial charge on any atom is -0.346 e. The lowest BCUT2D eigenvalue weighted by molar-refractivity contribution is 0.532. The highest BCUT2D eigenvalue weighted by atomic mass is 32.2. The molecule has 1 aliphatic rings. The number of imidazole rings is 1. The maximum absolute atomic E-state index is 11.6. The van der Waals surface area contributed by atoms with E-state index in [4.69, 9.17) is 0 Å². The first kappa shape index (κ1) is 20.9. The number of H-pyrrole nitrogens is 1. The zero-order valence-electron chi connectivity index (χ0n) is 18.8. The van der Waals surface area contributed by atoms with Crippen LogP contribution in [0.1, 0.15) is 31.7 Å². The number of sulfonamides is 1. The van der Waals surface area contributed by atoms with Crippen LogP contribution in [-0.2, 0) is 10.0 Å². The lowest BCUT2D eigenvalue weighted by Crippen LogP contribution is -2.09. The Morgan fingerprint density at radius 1 is 1.00 bits per heavy atom. The summed E-state index contributed by atoms with van der Waals surface area (Å²) < 4.78 is 28.2. The molecule has 0 radical (unpaired) electrons. The molecule has 2 N–H and O–H groups in total. The van der Waals surface area contributed by atoms with Crippen LogP contribution in [0.25, 0.3) is 44.3 Å². The Balaban J connectivity index is 1.42. The van der Waals surface area contributed by atoms with Crippen LogP contribution >= 0.6 is 0 Å². The van der Waals surface area contributed by atoms with E-state index < -0.39 is 10.0 Å². The molecular formula is C26H25N5O2S. The number of aromatic amines is 1. The molecule has 0 aliphatic heterocycles. The number of fused-ring (bicyclic) bond motifs is 2. The monoisotopic (exact) mass is 471 g/mol. The Bertz CT molecular complexity index is 1630. The van der Waals surface area contributed by atoms with E-state index in [9.17, 15) is 8.42 Å². The van der Waals surface area contributed by atoms with Gasteiger partial charge in [-0.25, -0.2) is 18.4 Å². The number of pyridine rings is 1. The molecule has 3 aromatic heterocycles. The highest BCUT2D eigenvalue weighted by Crippen LogP contribution is 2.36. The minimum absolute atomic E-state index is 0.528. The Morgan fingerprint density at radius 3 is 2.68 bits per heavy atom. The quantitative estimate of drug-likeness (QED) is 0.342. The number of rotatable bonds is 5. The van der Waals surface area contributed by atoms with E-state index in [0.717, 1.165) is 45.1 Å². The number of aromatic nitrogens is 4. The highest BCUT2D eigenvalue weighted by molar-refractivity contribution is 7.92. The van der Waals surface area contributed by atoms with E-state index in [1.807, 2.05) is 30.7 Å². The van der Waals surface area contributed by atoms with E-state index in [0.29, 0.717) is 11.7 Å². The molecule has 3 heterocycles. The third-order valence-corrected chi connectivity index (χ3v) is 7.24. The van der Waals surface area contributed by atoms with E-state index in [-0.39, 0.29) is 0 Å². The lowest BCUT2D eigenvalue weighted by Gasteiger charge is -2.12. The topological polar surface area (TPSA) is 92.7 Å². The third-order valence-electron chi connectivity index (χ3n) is 6.63. The van der Waals surface area contributed by atoms with Crippen molar-refractivity contribution in [2.75, 3.05) is 11.0 Å². The largest absolute Gasteiger partial charge is 0.346 e. The average molecular weight is 472 g/mol. The van der Waals surface area contributed by atoms with Crippen molar-refractivity contribution < 1.29 is 8.42 Å². The second kappa shape index (κ2) is 7.99. The van der Waals surface area contributed by atoms with Crippen LogP contribution in [0, 0.1) is 0 Å². The molecule has 34 heavy (non-hydrogen) atoms. The Morgan fingerprint density at radius 2 is 1.85 bits per heavy atom. The predicted molar refractivity (Wildman–Crippen MR) is 136 cm³/mol. The molecule has 5 aromatic rings. The van der Waals surface area contributed by atoms with Gasteiger partial charge in [-0.2, -0.15) is 0 Å². The van der Waals surface area contributed by atoms with Gasteiger partial charge in [0.1, 0.15) is 5.65 Å². The summed E-state index contributed by atoms with van der Waals surface area (Å²) in [7, 11) is -3.35. The van der Waals surface area contributed by atoms with E-state index >= 15 is 0 Å². The van der Waals surface area contributed by atoms with Gasteiger partial charge in [0.25, 0.3) is 0 Å². The van der Waals surface area contributed by atoms with Crippen molar-refractivity contribution in [3.63, 3.8) is 0 Å². The van der Waals surface area contributed by atoms with Gasteiger partial charge in [-0.1, -0.05) is 31.0 Å². The van der Waals surface area contributed by atoms with Crippen molar-refractivity contribution in [1.82, 2.24) is 19.5 Å². The summed E-state index contributed by atoms with van der Waals surface area (Å²) in [4.78, 5) is 12.6. The van der Waals surface area contributed by atoms with Crippen molar-refractivity contribution >= 4 is 37.8 Å². The van der Waals surface area contributed by atoms with Gasteiger partial charge in [0.15, 0.2) is 0 Å². The first-order valence-electron chi connectivity index (χ1n) is 11.5. The zero-order valence-corrected chi connectivity index (χ0v) is 19.6. The molecule has 8 heteroatoms. The van der Waals surface area contributed by atoms with E-state index in [2.05, 4.69) is 48.5 Å². The Kier molecular flexibility index (Phi) is 4.91. The number of benzene rings is 2. The molecule has 1 fully saturated rings. The van der Waals surface area contributed by atoms with Gasteiger partial charge < -0.3 is 9.55 Å². The third kappa shape index (κ3) is 3.84. The molecular weight excluding hydrogens is 446 g/mol. The van der Waals surface area contributed by atoms with Gasteiger partial charge in [0.05, 0.1) is 23.6 Å². The fourth-order valence-corrected chi connectivity index (χ4v) is 5.60. The summed E-state index contributed by atoms with van der Waals surface area (Å²) in [6, 6.07) is 16.4. The maximum Gasteiger partial charge on any atom is 0.229 e. The fraction of sp³-hybridized carbons (Fsp3) is 0.231. The normalized spacial score (nSPS) is 14.9. The lowest BCUT2D eigenvalue weighted by atomic mass is 10.0. The molecule has 2 aromatic carbocycles. The molecule has 1 saturated carbocycles. The molecule has 172 valence electrons. The summed E-state index contributed by atoms with van der Waals surface area (Å²) in [6.07, 6.45) is 11.9. The highest BCUT2D eigenvalue weighted by Gasteiger charge is 2.19. The van der Waals surface area contributed by atoms with Crippen molar-refractivity contribution in [2.45, 2.75) is 31.7 Å². The van der Waals surface area contributed by atoms with Gasteiger partial charge >= 0.3 is 0 Å². The molecule has 6 rings (SSSR count). The number of hydrogen-bond donors (Lipinski definition) is 2. The van der Waals surface area contributed by atoms with Crippen LogP contribution in [-0.4, -0.2) is 34.2 Å². The van der Waals surface area contributed by atoms with Gasteiger partial charge in [0.2, 0.25) is 10.0 Å².